The van der Waals surface area contributed by atoms with Crippen molar-refractivity contribution in [3.8, 4) is 11.5 Å². The number of benzene rings is 2. The van der Waals surface area contributed by atoms with E-state index in [0.717, 1.165) is 18.8 Å². The fourth-order valence-corrected chi connectivity index (χ4v) is 3.75. The van der Waals surface area contributed by atoms with Crippen LogP contribution in [0.15, 0.2) is 48.5 Å². The highest BCUT2D eigenvalue weighted by Gasteiger charge is 2.36. The van der Waals surface area contributed by atoms with E-state index in [-0.39, 0.29) is 31.0 Å². The Labute approximate surface area is 229 Å². The van der Waals surface area contributed by atoms with Gasteiger partial charge in [0.15, 0.2) is 8.32 Å². The van der Waals surface area contributed by atoms with Crippen LogP contribution < -0.4 is 9.47 Å². The highest BCUT2D eigenvalue weighted by atomic mass is 28.4. The van der Waals surface area contributed by atoms with E-state index in [0.29, 0.717) is 36.5 Å². The van der Waals surface area contributed by atoms with E-state index in [9.17, 15) is 9.59 Å². The Bertz CT molecular complexity index is 935. The molecule has 2 aromatic carbocycles. The molecule has 1 N–H and O–H groups in total. The number of aliphatic hydroxyl groups is 1. The second kappa shape index (κ2) is 17.6. The van der Waals surface area contributed by atoms with E-state index in [2.05, 4.69) is 43.3 Å². The first-order chi connectivity index (χ1) is 17.4. The molecule has 0 saturated carbocycles. The predicted molar refractivity (Wildman–Crippen MR) is 153 cm³/mol. The third-order valence-corrected chi connectivity index (χ3v) is 10.5. The van der Waals surface area contributed by atoms with Crippen molar-refractivity contribution in [3.05, 3.63) is 59.7 Å². The summed E-state index contributed by atoms with van der Waals surface area (Å²) in [6, 6.07) is 13.6. The van der Waals surface area contributed by atoms with Crippen LogP contribution in [0.5, 0.6) is 11.5 Å². The van der Waals surface area contributed by atoms with Crippen LogP contribution in [0.1, 0.15) is 61.8 Å². The molecule has 214 valence electrons. The molecule has 0 aliphatic carbocycles. The summed E-state index contributed by atoms with van der Waals surface area (Å²) >= 11 is 0. The topological polar surface area (TPSA) is 101 Å². The van der Waals surface area contributed by atoms with Gasteiger partial charge in [-0.15, -0.1) is 0 Å². The summed E-state index contributed by atoms with van der Waals surface area (Å²) in [6.07, 6.45) is 1.45. The molecule has 0 aromatic heterocycles. The summed E-state index contributed by atoms with van der Waals surface area (Å²) in [5, 5.41) is 8.79. The minimum Gasteiger partial charge on any atom is -0.494 e. The van der Waals surface area contributed by atoms with Crippen LogP contribution in [-0.2, 0) is 13.9 Å². The smallest absolute Gasteiger partial charge is 0.337 e. The highest BCUT2D eigenvalue weighted by molar-refractivity contribution is 6.74. The van der Waals surface area contributed by atoms with Crippen molar-refractivity contribution in [2.45, 2.75) is 59.2 Å². The lowest BCUT2D eigenvalue weighted by Crippen LogP contribution is -2.41. The number of esters is 2. The minimum atomic E-state index is -1.67. The van der Waals surface area contributed by atoms with Crippen molar-refractivity contribution in [1.82, 2.24) is 0 Å². The van der Waals surface area contributed by atoms with Gasteiger partial charge in [0.05, 0.1) is 38.6 Å². The van der Waals surface area contributed by atoms with Gasteiger partial charge in [0.2, 0.25) is 0 Å². The molecule has 0 spiro atoms. The zero-order chi connectivity index (χ0) is 27.9. The Hall–Kier alpha value is -2.88. The van der Waals surface area contributed by atoms with Gasteiger partial charge in [0.1, 0.15) is 11.5 Å². The maximum Gasteiger partial charge on any atom is 0.337 e. The van der Waals surface area contributed by atoms with Crippen LogP contribution in [0.3, 0.4) is 0 Å². The lowest BCUT2D eigenvalue weighted by atomic mass is 10.2. The molecular weight excluding hydrogens is 504 g/mol. The van der Waals surface area contributed by atoms with Gasteiger partial charge >= 0.3 is 11.9 Å². The molecule has 0 aliphatic heterocycles. The number of aliphatic hydroxyl groups excluding tert-OH is 1. The van der Waals surface area contributed by atoms with Crippen LogP contribution in [0.2, 0.25) is 18.1 Å². The van der Waals surface area contributed by atoms with Crippen LogP contribution >= 0.6 is 0 Å². The second-order valence-electron chi connectivity index (χ2n) is 9.77. The average Bonchev–Trinajstić information content (AvgIpc) is 2.88. The van der Waals surface area contributed by atoms with Gasteiger partial charge in [-0.1, -0.05) is 28.2 Å². The Morgan fingerprint density at radius 2 is 1.13 bits per heavy atom. The number of carbonyl (C=O) groups excluding carboxylic acids is 2. The van der Waals surface area contributed by atoms with Gasteiger partial charge in [0.25, 0.3) is 0 Å². The highest BCUT2D eigenvalue weighted by Crippen LogP contribution is 2.36. The molecule has 38 heavy (non-hydrogen) atoms. The van der Waals surface area contributed by atoms with Crippen molar-refractivity contribution in [2.75, 3.05) is 40.6 Å². The molecule has 0 amide bonds. The number of hydrogen-bond acceptors (Lipinski definition) is 8. The first kappa shape index (κ1) is 35.1. The molecule has 2 rings (SSSR count). The van der Waals surface area contributed by atoms with Gasteiger partial charge in [0, 0.05) is 26.1 Å². The van der Waals surface area contributed by atoms with E-state index < -0.39 is 8.32 Å². The molecule has 0 heterocycles. The number of carbonyl (C=O) groups is 2. The summed E-state index contributed by atoms with van der Waals surface area (Å²) in [7, 11) is 1.05. The maximum atomic E-state index is 11.3. The molecule has 0 radical (unpaired) electrons. The number of rotatable bonds is 12. The average molecular weight is 551 g/mol. The summed E-state index contributed by atoms with van der Waals surface area (Å²) < 4.78 is 26.3. The molecular formula is C29H46O8Si. The van der Waals surface area contributed by atoms with Gasteiger partial charge in [-0.05, 0) is 66.7 Å². The minimum absolute atomic E-state index is 0. The van der Waals surface area contributed by atoms with E-state index in [1.54, 1.807) is 48.5 Å². The molecule has 0 unspecified atom stereocenters. The van der Waals surface area contributed by atoms with Crippen molar-refractivity contribution >= 4 is 20.3 Å². The van der Waals surface area contributed by atoms with E-state index >= 15 is 0 Å². The first-order valence-electron chi connectivity index (χ1n) is 12.3. The van der Waals surface area contributed by atoms with Crippen molar-refractivity contribution < 1.29 is 38.1 Å². The summed E-state index contributed by atoms with van der Waals surface area (Å²) in [4.78, 5) is 22.4. The Kier molecular flexibility index (Phi) is 16.3. The predicted octanol–water partition coefficient (Wildman–Crippen LogP) is 6.13. The number of hydrogen-bond donors (Lipinski definition) is 1. The Morgan fingerprint density at radius 1 is 0.737 bits per heavy atom. The fraction of sp³-hybridized carbons (Fsp3) is 0.517. The summed E-state index contributed by atoms with van der Waals surface area (Å²) in [5.74, 6) is 0.724. The van der Waals surface area contributed by atoms with E-state index in [1.165, 1.54) is 14.2 Å². The van der Waals surface area contributed by atoms with Crippen LogP contribution in [0.4, 0.5) is 0 Å². The molecule has 0 atom stereocenters. The van der Waals surface area contributed by atoms with Gasteiger partial charge in [-0.2, -0.15) is 0 Å². The molecule has 0 fully saturated rings. The van der Waals surface area contributed by atoms with Gasteiger partial charge in [-0.3, -0.25) is 0 Å². The number of methoxy groups -OCH3 is 2. The van der Waals surface area contributed by atoms with Crippen LogP contribution in [-0.4, -0.2) is 66.0 Å². The Morgan fingerprint density at radius 3 is 1.47 bits per heavy atom. The molecule has 2 aromatic rings. The first-order valence-corrected chi connectivity index (χ1v) is 15.2. The van der Waals surface area contributed by atoms with Crippen LogP contribution in [0, 0.1) is 0 Å². The van der Waals surface area contributed by atoms with Crippen molar-refractivity contribution in [1.29, 1.82) is 0 Å². The van der Waals surface area contributed by atoms with Crippen molar-refractivity contribution in [2.24, 2.45) is 0 Å². The lowest BCUT2D eigenvalue weighted by Gasteiger charge is -2.36. The largest absolute Gasteiger partial charge is 0.494 e. The third kappa shape index (κ3) is 12.6. The second-order valence-corrected chi connectivity index (χ2v) is 14.6. The zero-order valence-electron chi connectivity index (χ0n) is 23.2. The molecule has 8 nitrogen and oxygen atoms in total. The molecule has 0 bridgehead atoms. The maximum absolute atomic E-state index is 11.3. The van der Waals surface area contributed by atoms with E-state index in [4.69, 9.17) is 19.0 Å². The van der Waals surface area contributed by atoms with Crippen molar-refractivity contribution in [3.63, 3.8) is 0 Å². The molecule has 0 saturated heterocycles. The standard InChI is InChI=1S/C17H28O4Si.C11H14O4.CH4/c1-17(2,3)22(5,6)21-13-7-12-20-15-10-8-14(9-11-15)16(18)19-4;1-14-11(13)9-3-5-10(6-4-9)15-8-2-7-12;/h8-11H,7,12-13H2,1-6H3;3-6,12H,2,7-8H2,1H3;1H4. The normalized spacial score (nSPS) is 10.8. The monoisotopic (exact) mass is 550 g/mol. The van der Waals surface area contributed by atoms with E-state index in [1.807, 2.05) is 0 Å². The molecule has 0 aliphatic rings. The summed E-state index contributed by atoms with van der Waals surface area (Å²) in [5.41, 5.74) is 1.02. The van der Waals surface area contributed by atoms with Gasteiger partial charge in [-0.25, -0.2) is 9.59 Å². The summed E-state index contributed by atoms with van der Waals surface area (Å²) in [6.45, 7) is 13.1. The zero-order valence-corrected chi connectivity index (χ0v) is 24.2. The SMILES string of the molecule is C.COC(=O)c1ccc(OCCCO)cc1.COC(=O)c1ccc(OCCCO[Si](C)(C)C(C)(C)C)cc1. The number of ether oxygens (including phenoxy) is 4. The molecule has 9 heteroatoms. The lowest BCUT2D eigenvalue weighted by molar-refractivity contribution is 0.0591. The fourth-order valence-electron chi connectivity index (χ4n) is 2.66. The quantitative estimate of drug-likeness (QED) is 0.191. The third-order valence-electron chi connectivity index (χ3n) is 5.95. The Balaban J connectivity index is 0.000000750. The van der Waals surface area contributed by atoms with Gasteiger partial charge < -0.3 is 28.5 Å². The van der Waals surface area contributed by atoms with Crippen LogP contribution in [0.25, 0.3) is 0 Å².